The number of likely N-dealkylation sites (tertiary alicyclic amines) is 1. The average Bonchev–Trinajstić information content (AvgIpc) is 2.68. The normalized spacial score (nSPS) is 19.7. The molecule has 0 unspecified atom stereocenters. The number of nitrogens with one attached hydrogen (secondary N) is 2. The van der Waals surface area contributed by atoms with E-state index in [-0.39, 0.29) is 42.3 Å². The highest BCUT2D eigenvalue weighted by atomic mass is 16.2. The lowest BCUT2D eigenvalue weighted by Crippen LogP contribution is -2.52. The van der Waals surface area contributed by atoms with E-state index < -0.39 is 0 Å². The highest BCUT2D eigenvalue weighted by molar-refractivity contribution is 5.91. The van der Waals surface area contributed by atoms with Crippen molar-refractivity contribution in [2.45, 2.75) is 39.2 Å². The van der Waals surface area contributed by atoms with E-state index in [2.05, 4.69) is 16.7 Å². The molecule has 1 aromatic heterocycles. The van der Waals surface area contributed by atoms with Crippen LogP contribution in [-0.2, 0) is 11.3 Å². The Morgan fingerprint density at radius 2 is 1.83 bits per heavy atom. The molecule has 1 aromatic carbocycles. The van der Waals surface area contributed by atoms with Gasteiger partial charge in [0, 0.05) is 56.0 Å². The number of piperidine rings is 1. The molecular formula is C23H28N4O3. The highest BCUT2D eigenvalue weighted by Crippen LogP contribution is 2.34. The van der Waals surface area contributed by atoms with Crippen molar-refractivity contribution >= 4 is 17.6 Å². The number of aryl methyl sites for hydroxylation is 2. The lowest BCUT2D eigenvalue weighted by atomic mass is 9.83. The molecule has 2 atom stereocenters. The third-order valence-corrected chi connectivity index (χ3v) is 5.90. The molecule has 0 aliphatic carbocycles. The van der Waals surface area contributed by atoms with Crippen LogP contribution in [0.3, 0.4) is 0 Å². The van der Waals surface area contributed by atoms with Gasteiger partial charge in [-0.05, 0) is 55.5 Å². The number of carbonyl (C=O) groups excluding carboxylic acids is 2. The first kappa shape index (κ1) is 20.2. The Labute approximate surface area is 176 Å². The standard InChI is InChI=1S/C23H28N4O3/c1-15-8-16(2)10-19(9-15)25-21(28)6-7-24-23(30)26-12-17-11-18(14-26)20-4-3-5-22(29)27(20)13-17/h3-5,8-10,17-18H,6-7,11-14H2,1-2H3,(H,24,30)(H,25,28)/t17-,18-/m1/s1. The first-order valence-electron chi connectivity index (χ1n) is 10.5. The van der Waals surface area contributed by atoms with Gasteiger partial charge in [-0.15, -0.1) is 0 Å². The first-order valence-corrected chi connectivity index (χ1v) is 10.5. The molecule has 1 saturated heterocycles. The van der Waals surface area contributed by atoms with Crippen LogP contribution in [0.1, 0.15) is 35.6 Å². The minimum Gasteiger partial charge on any atom is -0.337 e. The van der Waals surface area contributed by atoms with Crippen molar-refractivity contribution < 1.29 is 9.59 Å². The number of carbonyl (C=O) groups is 2. The number of fused-ring (bicyclic) bond motifs is 4. The summed E-state index contributed by atoms with van der Waals surface area (Å²) in [5, 5.41) is 5.76. The SMILES string of the molecule is Cc1cc(C)cc(NC(=O)CCNC(=O)N2C[C@H]3C[C@H](C2)c2cccc(=O)n2C3)c1. The van der Waals surface area contributed by atoms with Gasteiger partial charge in [-0.1, -0.05) is 12.1 Å². The maximum absolute atomic E-state index is 12.7. The maximum atomic E-state index is 12.7. The zero-order valence-electron chi connectivity index (χ0n) is 17.5. The third-order valence-electron chi connectivity index (χ3n) is 5.90. The van der Waals surface area contributed by atoms with Crippen LogP contribution in [0.25, 0.3) is 0 Å². The van der Waals surface area contributed by atoms with Crippen molar-refractivity contribution in [3.63, 3.8) is 0 Å². The van der Waals surface area contributed by atoms with E-state index in [1.807, 2.05) is 41.5 Å². The second-order valence-electron chi connectivity index (χ2n) is 8.51. The Kier molecular flexibility index (Phi) is 5.61. The average molecular weight is 409 g/mol. The molecule has 0 radical (unpaired) electrons. The van der Waals surface area contributed by atoms with Crippen LogP contribution in [0, 0.1) is 19.8 Å². The smallest absolute Gasteiger partial charge is 0.317 e. The summed E-state index contributed by atoms with van der Waals surface area (Å²) < 4.78 is 1.85. The molecule has 7 nitrogen and oxygen atoms in total. The summed E-state index contributed by atoms with van der Waals surface area (Å²) >= 11 is 0. The topological polar surface area (TPSA) is 83.4 Å². The van der Waals surface area contributed by atoms with Crippen LogP contribution in [0.2, 0.25) is 0 Å². The number of nitrogens with zero attached hydrogens (tertiary/aromatic N) is 2. The zero-order chi connectivity index (χ0) is 21.3. The largest absolute Gasteiger partial charge is 0.337 e. The van der Waals surface area contributed by atoms with E-state index in [0.29, 0.717) is 19.6 Å². The van der Waals surface area contributed by atoms with Crippen LogP contribution in [0.15, 0.2) is 41.2 Å². The quantitative estimate of drug-likeness (QED) is 0.816. The lowest BCUT2D eigenvalue weighted by molar-refractivity contribution is -0.116. The fraction of sp³-hybridized carbons (Fsp3) is 0.435. The van der Waals surface area contributed by atoms with E-state index in [4.69, 9.17) is 0 Å². The van der Waals surface area contributed by atoms with Crippen molar-refractivity contribution in [1.82, 2.24) is 14.8 Å². The molecule has 3 amide bonds. The fourth-order valence-electron chi connectivity index (χ4n) is 4.73. The molecule has 2 aliphatic heterocycles. The summed E-state index contributed by atoms with van der Waals surface area (Å²) in [7, 11) is 0. The Hall–Kier alpha value is -3.09. The fourth-order valence-corrected chi connectivity index (χ4v) is 4.73. The summed E-state index contributed by atoms with van der Waals surface area (Å²) in [6.45, 7) is 6.17. The Balaban J connectivity index is 1.29. The molecule has 158 valence electrons. The number of hydrogen-bond donors (Lipinski definition) is 2. The second kappa shape index (κ2) is 8.34. The zero-order valence-corrected chi connectivity index (χ0v) is 17.5. The summed E-state index contributed by atoms with van der Waals surface area (Å²) in [5.41, 5.74) is 4.02. The monoisotopic (exact) mass is 408 g/mol. The number of rotatable bonds is 4. The lowest BCUT2D eigenvalue weighted by Gasteiger charge is -2.42. The predicted octanol–water partition coefficient (Wildman–Crippen LogP) is 2.62. The molecule has 2 N–H and O–H groups in total. The molecule has 30 heavy (non-hydrogen) atoms. The maximum Gasteiger partial charge on any atom is 0.317 e. The Morgan fingerprint density at radius 1 is 1.07 bits per heavy atom. The Morgan fingerprint density at radius 3 is 2.60 bits per heavy atom. The summed E-state index contributed by atoms with van der Waals surface area (Å²) in [6, 6.07) is 11.1. The molecule has 2 aromatic rings. The second-order valence-corrected chi connectivity index (χ2v) is 8.51. The number of anilines is 1. The van der Waals surface area contributed by atoms with E-state index in [9.17, 15) is 14.4 Å². The van der Waals surface area contributed by atoms with Gasteiger partial charge in [0.2, 0.25) is 5.91 Å². The van der Waals surface area contributed by atoms with E-state index >= 15 is 0 Å². The van der Waals surface area contributed by atoms with Gasteiger partial charge in [0.1, 0.15) is 0 Å². The van der Waals surface area contributed by atoms with Crippen molar-refractivity contribution in [1.29, 1.82) is 0 Å². The van der Waals surface area contributed by atoms with E-state index in [1.165, 1.54) is 0 Å². The van der Waals surface area contributed by atoms with Crippen LogP contribution in [0.4, 0.5) is 10.5 Å². The molecule has 2 bridgehead atoms. The van der Waals surface area contributed by atoms with Gasteiger partial charge in [0.15, 0.2) is 0 Å². The summed E-state index contributed by atoms with van der Waals surface area (Å²) in [4.78, 5) is 38.8. The highest BCUT2D eigenvalue weighted by Gasteiger charge is 2.36. The molecule has 0 saturated carbocycles. The minimum atomic E-state index is -0.143. The minimum absolute atomic E-state index is 0.0370. The molecule has 3 heterocycles. The van der Waals surface area contributed by atoms with Crippen LogP contribution < -0.4 is 16.2 Å². The van der Waals surface area contributed by atoms with Crippen molar-refractivity contribution in [3.8, 4) is 0 Å². The summed E-state index contributed by atoms with van der Waals surface area (Å²) in [6.07, 6.45) is 1.23. The number of pyridine rings is 1. The third kappa shape index (κ3) is 4.40. The number of aromatic nitrogens is 1. The number of amides is 3. The van der Waals surface area contributed by atoms with Gasteiger partial charge in [0.05, 0.1) is 0 Å². The van der Waals surface area contributed by atoms with Gasteiger partial charge in [-0.2, -0.15) is 0 Å². The molecule has 7 heteroatoms. The predicted molar refractivity (Wildman–Crippen MR) is 116 cm³/mol. The van der Waals surface area contributed by atoms with Crippen LogP contribution in [0.5, 0.6) is 0 Å². The van der Waals surface area contributed by atoms with Crippen molar-refractivity contribution in [2.75, 3.05) is 25.0 Å². The molecular weight excluding hydrogens is 380 g/mol. The van der Waals surface area contributed by atoms with Crippen molar-refractivity contribution in [3.05, 3.63) is 63.6 Å². The summed E-state index contributed by atoms with van der Waals surface area (Å²) in [5.74, 6) is 0.351. The first-order chi connectivity index (χ1) is 14.4. The van der Waals surface area contributed by atoms with Gasteiger partial charge in [-0.25, -0.2) is 4.79 Å². The number of urea groups is 1. The van der Waals surface area contributed by atoms with E-state index in [1.54, 1.807) is 12.1 Å². The Bertz CT molecular complexity index is 1010. The van der Waals surface area contributed by atoms with Crippen molar-refractivity contribution in [2.24, 2.45) is 5.92 Å². The number of benzene rings is 1. The van der Waals surface area contributed by atoms with Gasteiger partial charge < -0.3 is 20.1 Å². The van der Waals surface area contributed by atoms with Gasteiger partial charge in [-0.3, -0.25) is 9.59 Å². The van der Waals surface area contributed by atoms with E-state index in [0.717, 1.165) is 28.9 Å². The molecule has 2 aliphatic rings. The molecule has 1 fully saturated rings. The van der Waals surface area contributed by atoms with Crippen LogP contribution >= 0.6 is 0 Å². The van der Waals surface area contributed by atoms with Crippen LogP contribution in [-0.4, -0.2) is 41.0 Å². The molecule has 0 spiro atoms. The van der Waals surface area contributed by atoms with Gasteiger partial charge >= 0.3 is 6.03 Å². The molecule has 4 rings (SSSR count). The number of hydrogen-bond acceptors (Lipinski definition) is 3. The van der Waals surface area contributed by atoms with Gasteiger partial charge in [0.25, 0.3) is 5.56 Å².